The number of aromatic nitrogens is 1. The second-order valence-corrected chi connectivity index (χ2v) is 2.95. The van der Waals surface area contributed by atoms with E-state index in [-0.39, 0.29) is 12.4 Å². The van der Waals surface area contributed by atoms with Gasteiger partial charge in [-0.15, -0.1) is 13.2 Å². The normalized spacial score (nSPS) is 12.3. The largest absolute Gasteiger partial charge is 0.574 e. The third-order valence-corrected chi connectivity index (χ3v) is 1.67. The van der Waals surface area contributed by atoms with E-state index in [4.69, 9.17) is 0 Å². The molecule has 0 amide bonds. The van der Waals surface area contributed by atoms with Gasteiger partial charge in [0.1, 0.15) is 11.3 Å². The average Bonchev–Trinajstić information content (AvgIpc) is 2.13. The third-order valence-electron chi connectivity index (χ3n) is 1.67. The van der Waals surface area contributed by atoms with Crippen molar-refractivity contribution in [3.8, 4) is 5.88 Å². The van der Waals surface area contributed by atoms with Crippen LogP contribution >= 0.6 is 0 Å². The van der Waals surface area contributed by atoms with Crippen molar-refractivity contribution < 1.29 is 35.9 Å². The Morgan fingerprint density at radius 1 is 1.17 bits per heavy atom. The maximum atomic E-state index is 12.2. The second kappa shape index (κ2) is 4.35. The maximum absolute atomic E-state index is 12.2. The zero-order valence-corrected chi connectivity index (χ0v) is 8.15. The van der Waals surface area contributed by atoms with Gasteiger partial charge in [-0.1, -0.05) is 0 Å². The van der Waals surface area contributed by atoms with Crippen LogP contribution in [0.4, 0.5) is 26.3 Å². The molecule has 100 valence electrons. The Bertz CT molecular complexity index is 515. The SMILES string of the molecule is O=Cc1c(OC(F)(F)F)[nH]c(C(F)(F)F)cc1=O. The molecule has 1 N–H and O–H groups in total. The van der Waals surface area contributed by atoms with Crippen LogP contribution in [-0.4, -0.2) is 17.6 Å². The van der Waals surface area contributed by atoms with Crippen LogP contribution < -0.4 is 10.2 Å². The number of H-pyrrole nitrogens is 1. The van der Waals surface area contributed by atoms with Gasteiger partial charge in [-0.25, -0.2) is 0 Å². The summed E-state index contributed by atoms with van der Waals surface area (Å²) in [6.45, 7) is 0. The van der Waals surface area contributed by atoms with E-state index >= 15 is 0 Å². The zero-order valence-electron chi connectivity index (χ0n) is 8.15. The predicted molar refractivity (Wildman–Crippen MR) is 44.1 cm³/mol. The molecule has 0 spiro atoms. The molecule has 0 radical (unpaired) electrons. The Kier molecular flexibility index (Phi) is 3.40. The van der Waals surface area contributed by atoms with E-state index in [0.29, 0.717) is 0 Å². The molecule has 0 saturated carbocycles. The number of rotatable bonds is 2. The summed E-state index contributed by atoms with van der Waals surface area (Å²) in [5.41, 5.74) is -4.46. The molecule has 0 saturated heterocycles. The van der Waals surface area contributed by atoms with Gasteiger partial charge in [-0.05, 0) is 0 Å². The van der Waals surface area contributed by atoms with Crippen LogP contribution in [0.5, 0.6) is 5.88 Å². The maximum Gasteiger partial charge on any atom is 0.574 e. The number of hydrogen-bond acceptors (Lipinski definition) is 3. The molecule has 0 atom stereocenters. The molecule has 0 fully saturated rings. The lowest BCUT2D eigenvalue weighted by molar-refractivity contribution is -0.276. The summed E-state index contributed by atoms with van der Waals surface area (Å²) in [5.74, 6) is -1.60. The summed E-state index contributed by atoms with van der Waals surface area (Å²) in [4.78, 5) is 22.6. The van der Waals surface area contributed by atoms with Gasteiger partial charge in [0, 0.05) is 6.07 Å². The van der Waals surface area contributed by atoms with Gasteiger partial charge in [-0.2, -0.15) is 13.2 Å². The van der Waals surface area contributed by atoms with Crippen molar-refractivity contribution in [2.45, 2.75) is 12.5 Å². The van der Waals surface area contributed by atoms with Crippen molar-refractivity contribution >= 4 is 6.29 Å². The number of aldehydes is 1. The van der Waals surface area contributed by atoms with Crippen molar-refractivity contribution in [3.63, 3.8) is 0 Å². The van der Waals surface area contributed by atoms with Crippen LogP contribution in [0.15, 0.2) is 10.9 Å². The molecule has 18 heavy (non-hydrogen) atoms. The number of nitrogens with one attached hydrogen (secondary N) is 1. The summed E-state index contributed by atoms with van der Waals surface area (Å²) < 4.78 is 75.4. The number of ether oxygens (including phenoxy) is 1. The fourth-order valence-electron chi connectivity index (χ4n) is 1.01. The molecule has 1 heterocycles. The highest BCUT2D eigenvalue weighted by Crippen LogP contribution is 2.30. The van der Waals surface area contributed by atoms with E-state index in [9.17, 15) is 35.9 Å². The van der Waals surface area contributed by atoms with Gasteiger partial charge in [0.2, 0.25) is 5.88 Å². The number of pyridine rings is 1. The van der Waals surface area contributed by atoms with Crippen LogP contribution in [0.1, 0.15) is 16.1 Å². The van der Waals surface area contributed by atoms with Crippen LogP contribution in [0.25, 0.3) is 0 Å². The monoisotopic (exact) mass is 275 g/mol. The predicted octanol–water partition coefficient (Wildman–Crippen LogP) is 2.10. The van der Waals surface area contributed by atoms with Crippen molar-refractivity contribution in [2.75, 3.05) is 0 Å². The summed E-state index contributed by atoms with van der Waals surface area (Å²) in [5, 5.41) is 0. The smallest absolute Gasteiger partial charge is 0.389 e. The Morgan fingerprint density at radius 3 is 2.11 bits per heavy atom. The van der Waals surface area contributed by atoms with Gasteiger partial charge in [-0.3, -0.25) is 9.59 Å². The van der Waals surface area contributed by atoms with Crippen molar-refractivity contribution in [3.05, 3.63) is 27.5 Å². The summed E-state index contributed by atoms with van der Waals surface area (Å²) >= 11 is 0. The van der Waals surface area contributed by atoms with Gasteiger partial charge in [0.25, 0.3) is 0 Å². The minimum atomic E-state index is -5.34. The average molecular weight is 275 g/mol. The van der Waals surface area contributed by atoms with Crippen LogP contribution in [-0.2, 0) is 6.18 Å². The molecule has 1 aromatic heterocycles. The Labute approximate surface area is 94.2 Å². The Hall–Kier alpha value is -2.00. The van der Waals surface area contributed by atoms with E-state index in [2.05, 4.69) is 4.74 Å². The van der Waals surface area contributed by atoms with E-state index in [0.717, 1.165) is 0 Å². The third kappa shape index (κ3) is 3.25. The van der Waals surface area contributed by atoms with Crippen LogP contribution in [0.2, 0.25) is 0 Å². The fraction of sp³-hybridized carbons (Fsp3) is 0.250. The zero-order chi connectivity index (χ0) is 14.1. The van der Waals surface area contributed by atoms with E-state index in [1.165, 1.54) is 4.98 Å². The van der Waals surface area contributed by atoms with Gasteiger partial charge < -0.3 is 9.72 Å². The lowest BCUT2D eigenvalue weighted by atomic mass is 10.2. The molecular formula is C8H3F6NO3. The quantitative estimate of drug-likeness (QED) is 0.664. The lowest BCUT2D eigenvalue weighted by Crippen LogP contribution is -2.24. The Morgan fingerprint density at radius 2 is 1.72 bits per heavy atom. The van der Waals surface area contributed by atoms with E-state index in [1.54, 1.807) is 0 Å². The molecule has 0 aliphatic carbocycles. The standard InChI is InChI=1S/C8H3F6NO3/c9-7(10,11)5-1-4(17)3(2-16)6(15-5)18-8(12,13)14/h1-2H,(H,15,17). The first kappa shape index (κ1) is 14.1. The molecule has 4 nitrogen and oxygen atoms in total. The van der Waals surface area contributed by atoms with Gasteiger partial charge >= 0.3 is 12.5 Å². The first-order chi connectivity index (χ1) is 8.04. The molecule has 0 aromatic carbocycles. The van der Waals surface area contributed by atoms with Crippen molar-refractivity contribution in [1.29, 1.82) is 0 Å². The Balaban J connectivity index is 3.42. The van der Waals surface area contributed by atoms with Crippen molar-refractivity contribution in [2.24, 2.45) is 0 Å². The number of carbonyl (C=O) groups is 1. The molecule has 0 aliphatic rings. The lowest BCUT2D eigenvalue weighted by Gasteiger charge is -2.13. The topological polar surface area (TPSA) is 59.2 Å². The second-order valence-electron chi connectivity index (χ2n) is 2.95. The number of aromatic amines is 1. The number of alkyl halides is 6. The number of carbonyl (C=O) groups excluding carboxylic acids is 1. The molecule has 1 rings (SSSR count). The summed E-state index contributed by atoms with van der Waals surface area (Å²) in [7, 11) is 0. The minimum Gasteiger partial charge on any atom is -0.389 e. The number of hydrogen-bond donors (Lipinski definition) is 1. The highest BCUT2D eigenvalue weighted by Gasteiger charge is 2.37. The van der Waals surface area contributed by atoms with Crippen molar-refractivity contribution in [1.82, 2.24) is 4.98 Å². The molecule has 0 aliphatic heterocycles. The van der Waals surface area contributed by atoms with E-state index in [1.807, 2.05) is 0 Å². The highest BCUT2D eigenvalue weighted by molar-refractivity contribution is 5.78. The van der Waals surface area contributed by atoms with E-state index < -0.39 is 35.1 Å². The molecule has 0 unspecified atom stereocenters. The number of halogens is 6. The highest BCUT2D eigenvalue weighted by atomic mass is 19.4. The molecule has 1 aromatic rings. The van der Waals surface area contributed by atoms with Crippen LogP contribution in [0, 0.1) is 0 Å². The minimum absolute atomic E-state index is 0.0348. The molecular weight excluding hydrogens is 272 g/mol. The summed E-state index contributed by atoms with van der Waals surface area (Å²) in [6.07, 6.45) is -10.8. The molecule has 0 bridgehead atoms. The van der Waals surface area contributed by atoms with Gasteiger partial charge in [0.15, 0.2) is 11.7 Å². The fourth-order valence-corrected chi connectivity index (χ4v) is 1.01. The first-order valence-electron chi connectivity index (χ1n) is 4.10. The first-order valence-corrected chi connectivity index (χ1v) is 4.10. The van der Waals surface area contributed by atoms with Crippen LogP contribution in [0.3, 0.4) is 0 Å². The van der Waals surface area contributed by atoms with Gasteiger partial charge in [0.05, 0.1) is 0 Å². The summed E-state index contributed by atoms with van der Waals surface area (Å²) in [6, 6.07) is -0.0348. The molecule has 10 heteroatoms.